The summed E-state index contributed by atoms with van der Waals surface area (Å²) < 4.78 is 7.62. The molecule has 0 spiro atoms. The molecule has 1 aromatic heterocycles. The second kappa shape index (κ2) is 8.97. The van der Waals surface area contributed by atoms with Gasteiger partial charge < -0.3 is 9.30 Å². The molecular formula is C22H24N2O3S2. The molecule has 0 aliphatic heterocycles. The number of thiazole rings is 1. The molecule has 0 saturated carbocycles. The van der Waals surface area contributed by atoms with Crippen molar-refractivity contribution >= 4 is 45.2 Å². The second-order valence-electron chi connectivity index (χ2n) is 7.09. The van der Waals surface area contributed by atoms with Crippen LogP contribution in [0.5, 0.6) is 0 Å². The van der Waals surface area contributed by atoms with Gasteiger partial charge in [-0.25, -0.2) is 0 Å². The number of methoxy groups -OCH3 is 1. The third-order valence-corrected chi connectivity index (χ3v) is 6.51. The van der Waals surface area contributed by atoms with Gasteiger partial charge in [-0.2, -0.15) is 4.99 Å². The molecule has 5 nitrogen and oxygen atoms in total. The number of carbonyl (C=O) groups is 2. The SMILES string of the molecule is COC(=O)Cn1c(=NC(=O)c2cccc(SC(C)C)c2)sc2c(C)cc(C)cc21. The van der Waals surface area contributed by atoms with Gasteiger partial charge in [-0.05, 0) is 49.2 Å². The first kappa shape index (κ1) is 21.3. The zero-order valence-electron chi connectivity index (χ0n) is 17.2. The summed E-state index contributed by atoms with van der Waals surface area (Å²) in [5.41, 5.74) is 3.59. The predicted molar refractivity (Wildman–Crippen MR) is 119 cm³/mol. The van der Waals surface area contributed by atoms with Crippen LogP contribution in [0.2, 0.25) is 0 Å². The van der Waals surface area contributed by atoms with Crippen LogP contribution in [0.3, 0.4) is 0 Å². The lowest BCUT2D eigenvalue weighted by Gasteiger charge is -2.06. The average molecular weight is 429 g/mol. The van der Waals surface area contributed by atoms with Crippen LogP contribution in [0.4, 0.5) is 0 Å². The number of hydrogen-bond acceptors (Lipinski definition) is 5. The molecule has 0 unspecified atom stereocenters. The van der Waals surface area contributed by atoms with Gasteiger partial charge in [0.15, 0.2) is 4.80 Å². The van der Waals surface area contributed by atoms with E-state index in [1.165, 1.54) is 18.4 Å². The van der Waals surface area contributed by atoms with E-state index < -0.39 is 0 Å². The topological polar surface area (TPSA) is 60.7 Å². The molecule has 152 valence electrons. The van der Waals surface area contributed by atoms with E-state index in [0.717, 1.165) is 26.2 Å². The van der Waals surface area contributed by atoms with Gasteiger partial charge in [0.1, 0.15) is 6.54 Å². The van der Waals surface area contributed by atoms with Crippen LogP contribution < -0.4 is 4.80 Å². The first-order valence-electron chi connectivity index (χ1n) is 9.31. The van der Waals surface area contributed by atoms with E-state index in [-0.39, 0.29) is 18.4 Å². The van der Waals surface area contributed by atoms with Crippen LogP contribution >= 0.6 is 23.1 Å². The fourth-order valence-corrected chi connectivity index (χ4v) is 5.04. The Morgan fingerprint density at radius 1 is 1.21 bits per heavy atom. The van der Waals surface area contributed by atoms with E-state index in [0.29, 0.717) is 15.6 Å². The molecule has 0 aliphatic rings. The molecule has 1 heterocycles. The molecule has 0 fully saturated rings. The fourth-order valence-electron chi connectivity index (χ4n) is 3.07. The van der Waals surface area contributed by atoms with E-state index in [4.69, 9.17) is 4.74 Å². The summed E-state index contributed by atoms with van der Waals surface area (Å²) in [6.45, 7) is 8.26. The van der Waals surface area contributed by atoms with Gasteiger partial charge in [-0.1, -0.05) is 37.3 Å². The Morgan fingerprint density at radius 3 is 2.66 bits per heavy atom. The number of fused-ring (bicyclic) bond motifs is 1. The molecule has 0 radical (unpaired) electrons. The molecular weight excluding hydrogens is 404 g/mol. The van der Waals surface area contributed by atoms with Crippen molar-refractivity contribution in [3.05, 3.63) is 57.9 Å². The summed E-state index contributed by atoms with van der Waals surface area (Å²) >= 11 is 3.11. The molecule has 0 atom stereocenters. The molecule has 3 aromatic rings. The van der Waals surface area contributed by atoms with Gasteiger partial charge in [-0.3, -0.25) is 9.59 Å². The van der Waals surface area contributed by atoms with Gasteiger partial charge >= 0.3 is 5.97 Å². The van der Waals surface area contributed by atoms with E-state index >= 15 is 0 Å². The summed E-state index contributed by atoms with van der Waals surface area (Å²) in [5, 5.41) is 0.424. The normalized spacial score (nSPS) is 12.0. The third kappa shape index (κ3) is 4.97. The first-order valence-corrected chi connectivity index (χ1v) is 11.0. The summed E-state index contributed by atoms with van der Waals surface area (Å²) in [6, 6.07) is 11.6. The lowest BCUT2D eigenvalue weighted by Crippen LogP contribution is -2.22. The molecule has 0 aliphatic carbocycles. The highest BCUT2D eigenvalue weighted by atomic mass is 32.2. The largest absolute Gasteiger partial charge is 0.468 e. The van der Waals surface area contributed by atoms with Gasteiger partial charge in [0.05, 0.1) is 17.3 Å². The Bertz CT molecular complexity index is 1140. The smallest absolute Gasteiger partial charge is 0.325 e. The van der Waals surface area contributed by atoms with E-state index in [1.54, 1.807) is 22.4 Å². The Kier molecular flexibility index (Phi) is 6.59. The maximum atomic E-state index is 12.9. The van der Waals surface area contributed by atoms with Crippen LogP contribution in [0.25, 0.3) is 10.2 Å². The zero-order valence-corrected chi connectivity index (χ0v) is 18.8. The lowest BCUT2D eigenvalue weighted by molar-refractivity contribution is -0.141. The minimum Gasteiger partial charge on any atom is -0.468 e. The van der Waals surface area contributed by atoms with Crippen LogP contribution in [0, 0.1) is 13.8 Å². The highest BCUT2D eigenvalue weighted by Crippen LogP contribution is 2.25. The number of nitrogens with zero attached hydrogens (tertiary/aromatic N) is 2. The maximum absolute atomic E-state index is 12.9. The van der Waals surface area contributed by atoms with Crippen molar-refractivity contribution in [2.24, 2.45) is 4.99 Å². The van der Waals surface area contributed by atoms with E-state index in [9.17, 15) is 9.59 Å². The number of benzene rings is 2. The Labute approximate surface area is 178 Å². The Hall–Kier alpha value is -2.38. The molecule has 0 saturated heterocycles. The van der Waals surface area contributed by atoms with Gasteiger partial charge in [0.2, 0.25) is 0 Å². The van der Waals surface area contributed by atoms with Crippen LogP contribution in [0.1, 0.15) is 35.3 Å². The average Bonchev–Trinajstić information content (AvgIpc) is 2.99. The standard InChI is InChI=1S/C22H24N2O3S2/c1-13(2)28-17-8-6-7-16(11-17)21(26)23-22-24(12-19(25)27-5)18-10-14(3)9-15(4)20(18)29-22/h6-11,13H,12H2,1-5H3. The van der Waals surface area contributed by atoms with Crippen molar-refractivity contribution in [1.82, 2.24) is 4.57 Å². The van der Waals surface area contributed by atoms with E-state index in [1.807, 2.05) is 38.1 Å². The number of ether oxygens (including phenoxy) is 1. The van der Waals surface area contributed by atoms with Gasteiger partial charge in [-0.15, -0.1) is 11.8 Å². The number of hydrogen-bond donors (Lipinski definition) is 0. The number of amides is 1. The summed E-state index contributed by atoms with van der Waals surface area (Å²) in [7, 11) is 1.35. The molecule has 1 amide bonds. The highest BCUT2D eigenvalue weighted by molar-refractivity contribution is 7.99. The molecule has 29 heavy (non-hydrogen) atoms. The summed E-state index contributed by atoms with van der Waals surface area (Å²) in [6.07, 6.45) is 0. The summed E-state index contributed by atoms with van der Waals surface area (Å²) in [4.78, 5) is 30.8. The number of aromatic nitrogens is 1. The highest BCUT2D eigenvalue weighted by Gasteiger charge is 2.14. The Balaban J connectivity index is 2.11. The lowest BCUT2D eigenvalue weighted by atomic mass is 10.1. The number of esters is 1. The number of carbonyl (C=O) groups excluding carboxylic acids is 2. The van der Waals surface area contributed by atoms with Crippen LogP contribution in [-0.4, -0.2) is 28.8 Å². The van der Waals surface area contributed by atoms with Crippen molar-refractivity contribution in [2.45, 2.75) is 44.4 Å². The molecule has 0 N–H and O–H groups in total. The number of thioether (sulfide) groups is 1. The van der Waals surface area contributed by atoms with Gasteiger partial charge in [0, 0.05) is 15.7 Å². The van der Waals surface area contributed by atoms with Crippen molar-refractivity contribution < 1.29 is 14.3 Å². The van der Waals surface area contributed by atoms with Gasteiger partial charge in [0.25, 0.3) is 5.91 Å². The van der Waals surface area contributed by atoms with Crippen molar-refractivity contribution in [3.8, 4) is 0 Å². The zero-order chi connectivity index (χ0) is 21.1. The van der Waals surface area contributed by atoms with E-state index in [2.05, 4.69) is 24.9 Å². The third-order valence-electron chi connectivity index (χ3n) is 4.28. The maximum Gasteiger partial charge on any atom is 0.325 e. The predicted octanol–water partition coefficient (Wildman–Crippen LogP) is 4.73. The molecule has 7 heteroatoms. The van der Waals surface area contributed by atoms with Crippen molar-refractivity contribution in [2.75, 3.05) is 7.11 Å². The summed E-state index contributed by atoms with van der Waals surface area (Å²) in [5.74, 6) is -0.705. The Morgan fingerprint density at radius 2 is 1.97 bits per heavy atom. The van der Waals surface area contributed by atoms with Crippen LogP contribution in [0.15, 0.2) is 46.3 Å². The fraction of sp³-hybridized carbons (Fsp3) is 0.318. The minimum absolute atomic E-state index is 0.00868. The second-order valence-corrected chi connectivity index (χ2v) is 9.72. The molecule has 3 rings (SSSR count). The van der Waals surface area contributed by atoms with Crippen molar-refractivity contribution in [1.29, 1.82) is 0 Å². The number of aryl methyl sites for hydroxylation is 2. The minimum atomic E-state index is -0.381. The quantitative estimate of drug-likeness (QED) is 0.435. The molecule has 2 aromatic carbocycles. The first-order chi connectivity index (χ1) is 13.8. The van der Waals surface area contributed by atoms with Crippen molar-refractivity contribution in [3.63, 3.8) is 0 Å². The monoisotopic (exact) mass is 428 g/mol. The molecule has 0 bridgehead atoms. The number of rotatable bonds is 5. The van der Waals surface area contributed by atoms with Crippen LogP contribution in [-0.2, 0) is 16.1 Å².